The monoisotopic (exact) mass is 450 g/mol. The number of anilines is 3. The second-order valence-corrected chi connectivity index (χ2v) is 9.51. The fraction of sp³-hybridized carbons (Fsp3) is 0.542. The van der Waals surface area contributed by atoms with E-state index in [9.17, 15) is 5.11 Å². The first-order chi connectivity index (χ1) is 16.1. The zero-order valence-electron chi connectivity index (χ0n) is 19.0. The summed E-state index contributed by atoms with van der Waals surface area (Å²) in [6, 6.07) is 6.10. The molecule has 2 aromatic heterocycles. The Morgan fingerprint density at radius 1 is 1.03 bits per heavy atom. The van der Waals surface area contributed by atoms with Crippen molar-refractivity contribution in [1.29, 1.82) is 0 Å². The number of phenols is 1. The van der Waals surface area contributed by atoms with Crippen molar-refractivity contribution in [3.8, 4) is 5.75 Å². The van der Waals surface area contributed by atoms with Gasteiger partial charge in [0.05, 0.1) is 6.33 Å². The van der Waals surface area contributed by atoms with E-state index >= 15 is 0 Å². The van der Waals surface area contributed by atoms with Gasteiger partial charge < -0.3 is 31.8 Å². The lowest BCUT2D eigenvalue weighted by atomic mass is 9.92. The predicted molar refractivity (Wildman–Crippen MR) is 131 cm³/mol. The molecule has 5 rings (SSSR count). The molecule has 0 unspecified atom stereocenters. The molecule has 2 aliphatic carbocycles. The lowest BCUT2D eigenvalue weighted by Crippen LogP contribution is -2.33. The Kier molecular flexibility index (Phi) is 6.22. The van der Waals surface area contributed by atoms with Crippen molar-refractivity contribution in [2.75, 3.05) is 16.4 Å². The van der Waals surface area contributed by atoms with Gasteiger partial charge in [-0.1, -0.05) is 19.3 Å². The molecule has 2 aliphatic rings. The first-order valence-corrected chi connectivity index (χ1v) is 12.1. The molecule has 0 spiro atoms. The highest BCUT2D eigenvalue weighted by Gasteiger charge is 2.23. The minimum absolute atomic E-state index is 0.201. The number of fused-ring (bicyclic) bond motifs is 1. The largest absolute Gasteiger partial charge is 0.508 e. The molecule has 2 fully saturated rings. The van der Waals surface area contributed by atoms with Gasteiger partial charge in [-0.25, -0.2) is 4.98 Å². The van der Waals surface area contributed by atoms with Gasteiger partial charge >= 0.3 is 0 Å². The lowest BCUT2D eigenvalue weighted by Gasteiger charge is -2.27. The second kappa shape index (κ2) is 9.43. The Hall–Kier alpha value is -3.07. The number of aromatic hydroxyl groups is 1. The zero-order valence-corrected chi connectivity index (χ0v) is 19.0. The Bertz CT molecular complexity index is 1100. The summed E-state index contributed by atoms with van der Waals surface area (Å²) in [5.74, 6) is 1.47. The lowest BCUT2D eigenvalue weighted by molar-refractivity contribution is 0.358. The second-order valence-electron chi connectivity index (χ2n) is 9.51. The molecule has 2 heterocycles. The molecule has 0 radical (unpaired) electrons. The van der Waals surface area contributed by atoms with Crippen LogP contribution < -0.4 is 22.1 Å². The molecule has 1 aromatic carbocycles. The van der Waals surface area contributed by atoms with Gasteiger partial charge in [0, 0.05) is 35.9 Å². The van der Waals surface area contributed by atoms with Crippen molar-refractivity contribution in [2.45, 2.75) is 82.5 Å². The van der Waals surface area contributed by atoms with Crippen molar-refractivity contribution in [3.05, 3.63) is 30.1 Å². The molecule has 0 bridgehead atoms. The van der Waals surface area contributed by atoms with Crippen LogP contribution in [-0.2, 0) is 6.54 Å². The zero-order chi connectivity index (χ0) is 22.8. The third-order valence-corrected chi connectivity index (χ3v) is 7.04. The summed E-state index contributed by atoms with van der Waals surface area (Å²) in [5.41, 5.74) is 14.9. The molecule has 9 heteroatoms. The third kappa shape index (κ3) is 4.83. The quantitative estimate of drug-likeness (QED) is 0.281. The fourth-order valence-electron chi connectivity index (χ4n) is 5.10. The van der Waals surface area contributed by atoms with Gasteiger partial charge in [-0.05, 0) is 56.7 Å². The van der Waals surface area contributed by atoms with Crippen molar-refractivity contribution < 1.29 is 5.11 Å². The molecule has 0 amide bonds. The standard InChI is InChI=1S/C24H34N8O/c25-16-6-9-18(10-7-16)29-24-30-22(27-13-15-12-17(26)8-11-20(15)33)21-23(31-24)32(14-28-21)19-4-2-1-3-5-19/h8,11-12,14,16,18-19,33H,1-7,9-10,13,25-26H2,(H2,27,29,30,31). The summed E-state index contributed by atoms with van der Waals surface area (Å²) in [6.45, 7) is 0.386. The number of nitrogens with zero attached hydrogens (tertiary/aromatic N) is 4. The molecule has 7 N–H and O–H groups in total. The van der Waals surface area contributed by atoms with Crippen LogP contribution >= 0.6 is 0 Å². The third-order valence-electron chi connectivity index (χ3n) is 7.04. The van der Waals surface area contributed by atoms with Gasteiger partial charge in [0.15, 0.2) is 17.0 Å². The van der Waals surface area contributed by atoms with Gasteiger partial charge in [-0.15, -0.1) is 0 Å². The highest BCUT2D eigenvalue weighted by molar-refractivity contribution is 5.84. The van der Waals surface area contributed by atoms with Crippen molar-refractivity contribution in [1.82, 2.24) is 19.5 Å². The first kappa shape index (κ1) is 21.8. The van der Waals surface area contributed by atoms with E-state index in [1.807, 2.05) is 6.33 Å². The van der Waals surface area contributed by atoms with Crippen LogP contribution in [0, 0.1) is 0 Å². The van der Waals surface area contributed by atoms with Crippen molar-refractivity contribution in [3.63, 3.8) is 0 Å². The van der Waals surface area contributed by atoms with E-state index in [0.29, 0.717) is 47.7 Å². The van der Waals surface area contributed by atoms with E-state index in [0.717, 1.165) is 49.7 Å². The normalized spacial score (nSPS) is 21.8. The maximum absolute atomic E-state index is 10.2. The number of phenolic OH excluding ortho intramolecular Hbond substituents is 1. The number of aromatic nitrogens is 4. The van der Waals surface area contributed by atoms with Crippen LogP contribution in [0.4, 0.5) is 17.5 Å². The first-order valence-electron chi connectivity index (χ1n) is 12.1. The predicted octanol–water partition coefficient (Wildman–Crippen LogP) is 3.91. The van der Waals surface area contributed by atoms with E-state index in [4.69, 9.17) is 21.4 Å². The number of nitrogen functional groups attached to an aromatic ring is 1. The summed E-state index contributed by atoms with van der Waals surface area (Å²) in [6.07, 6.45) is 12.0. The molecule has 176 valence electrons. The fourth-order valence-corrected chi connectivity index (χ4v) is 5.10. The van der Waals surface area contributed by atoms with Crippen LogP contribution in [0.15, 0.2) is 24.5 Å². The van der Waals surface area contributed by atoms with Crippen molar-refractivity contribution in [2.24, 2.45) is 5.73 Å². The molecule has 3 aromatic rings. The van der Waals surface area contributed by atoms with E-state index in [1.54, 1.807) is 18.2 Å². The van der Waals surface area contributed by atoms with Crippen LogP contribution in [0.25, 0.3) is 11.2 Å². The number of hydrogen-bond acceptors (Lipinski definition) is 8. The van der Waals surface area contributed by atoms with Gasteiger partial charge in [0.25, 0.3) is 0 Å². The van der Waals surface area contributed by atoms with Gasteiger partial charge in [0.1, 0.15) is 5.75 Å². The molecule has 0 atom stereocenters. The van der Waals surface area contributed by atoms with Gasteiger partial charge in [-0.2, -0.15) is 9.97 Å². The highest BCUT2D eigenvalue weighted by Crippen LogP contribution is 2.33. The Balaban J connectivity index is 1.46. The van der Waals surface area contributed by atoms with E-state index in [-0.39, 0.29) is 5.75 Å². The summed E-state index contributed by atoms with van der Waals surface area (Å²) in [5, 5.41) is 17.1. The summed E-state index contributed by atoms with van der Waals surface area (Å²) in [7, 11) is 0. The number of hydrogen-bond donors (Lipinski definition) is 5. The van der Waals surface area contributed by atoms with Gasteiger partial charge in [-0.3, -0.25) is 0 Å². The molecule has 2 saturated carbocycles. The minimum Gasteiger partial charge on any atom is -0.508 e. The molecular weight excluding hydrogens is 416 g/mol. The summed E-state index contributed by atoms with van der Waals surface area (Å²) < 4.78 is 2.22. The van der Waals surface area contributed by atoms with E-state index < -0.39 is 0 Å². The van der Waals surface area contributed by atoms with E-state index in [2.05, 4.69) is 20.2 Å². The van der Waals surface area contributed by atoms with Crippen LogP contribution in [0.1, 0.15) is 69.4 Å². The average molecular weight is 451 g/mol. The number of nitrogens with two attached hydrogens (primary N) is 2. The average Bonchev–Trinajstić information content (AvgIpc) is 3.26. The number of benzene rings is 1. The van der Waals surface area contributed by atoms with Crippen LogP contribution in [0.3, 0.4) is 0 Å². The van der Waals surface area contributed by atoms with E-state index in [1.165, 1.54) is 19.3 Å². The van der Waals surface area contributed by atoms with Crippen LogP contribution in [0.2, 0.25) is 0 Å². The Labute approximate surface area is 194 Å². The number of imidazole rings is 1. The number of nitrogens with one attached hydrogen (secondary N) is 2. The minimum atomic E-state index is 0.201. The maximum atomic E-state index is 10.2. The Morgan fingerprint density at radius 2 is 1.82 bits per heavy atom. The smallest absolute Gasteiger partial charge is 0.227 e. The number of rotatable bonds is 6. The van der Waals surface area contributed by atoms with Gasteiger partial charge in [0.2, 0.25) is 5.95 Å². The molecule has 0 aliphatic heterocycles. The highest BCUT2D eigenvalue weighted by atomic mass is 16.3. The summed E-state index contributed by atoms with van der Waals surface area (Å²) in [4.78, 5) is 14.4. The molecule has 9 nitrogen and oxygen atoms in total. The Morgan fingerprint density at radius 3 is 2.61 bits per heavy atom. The molecule has 33 heavy (non-hydrogen) atoms. The van der Waals surface area contributed by atoms with Crippen LogP contribution in [-0.4, -0.2) is 36.7 Å². The molecule has 0 saturated heterocycles. The summed E-state index contributed by atoms with van der Waals surface area (Å²) >= 11 is 0. The maximum Gasteiger partial charge on any atom is 0.227 e. The topological polar surface area (TPSA) is 140 Å². The molecular formula is C24H34N8O. The van der Waals surface area contributed by atoms with Crippen molar-refractivity contribution >= 4 is 28.6 Å². The van der Waals surface area contributed by atoms with Crippen LogP contribution in [0.5, 0.6) is 5.75 Å². The SMILES string of the molecule is Nc1ccc(O)c(CNc2nc(NC3CCC(N)CC3)nc3c2ncn3C2CCCCC2)c1.